The molecule has 0 saturated carbocycles. The molecule has 7 heteroatoms. The van der Waals surface area contributed by atoms with Gasteiger partial charge in [-0.05, 0) is 31.8 Å². The van der Waals surface area contributed by atoms with Crippen LogP contribution < -0.4 is 15.1 Å². The maximum atomic E-state index is 11.9. The molecule has 0 radical (unpaired) electrons. The largest absolute Gasteiger partial charge is 0.356 e. The van der Waals surface area contributed by atoms with Crippen LogP contribution in [0.25, 0.3) is 0 Å². The molecule has 7 nitrogen and oxygen atoms in total. The van der Waals surface area contributed by atoms with Crippen LogP contribution in [0.1, 0.15) is 19.8 Å². The van der Waals surface area contributed by atoms with E-state index in [1.807, 2.05) is 18.0 Å². The monoisotopic (exact) mass is 332 g/mol. The van der Waals surface area contributed by atoms with Crippen molar-refractivity contribution >= 4 is 17.5 Å². The summed E-state index contributed by atoms with van der Waals surface area (Å²) >= 11 is 0. The van der Waals surface area contributed by atoms with E-state index in [1.165, 1.54) is 12.8 Å². The number of amides is 1. The van der Waals surface area contributed by atoms with Gasteiger partial charge in [0.05, 0.1) is 6.54 Å². The lowest BCUT2D eigenvalue weighted by Gasteiger charge is -2.35. The molecule has 1 aromatic rings. The minimum Gasteiger partial charge on any atom is -0.356 e. The first-order chi connectivity index (χ1) is 11.7. The summed E-state index contributed by atoms with van der Waals surface area (Å²) in [5.74, 6) is 2.74. The van der Waals surface area contributed by atoms with Crippen LogP contribution in [0.4, 0.5) is 11.6 Å². The third-order valence-corrected chi connectivity index (χ3v) is 5.04. The van der Waals surface area contributed by atoms with Crippen LogP contribution in [0.2, 0.25) is 0 Å². The molecule has 0 aliphatic carbocycles. The fourth-order valence-electron chi connectivity index (χ4n) is 3.35. The number of hydrogen-bond donors (Lipinski definition) is 1. The number of hydrogen-bond acceptors (Lipinski definition) is 6. The summed E-state index contributed by atoms with van der Waals surface area (Å²) in [6, 6.07) is 2.03. The number of nitrogens with one attached hydrogen (secondary N) is 1. The highest BCUT2D eigenvalue weighted by molar-refractivity contribution is 5.82. The fraction of sp³-hybridized carbons (Fsp3) is 0.706. The quantitative estimate of drug-likeness (QED) is 0.851. The minimum absolute atomic E-state index is 0.144. The number of nitrogens with zero attached hydrogens (tertiary/aromatic N) is 5. The molecule has 2 aliphatic heterocycles. The van der Waals surface area contributed by atoms with Gasteiger partial charge in [-0.1, -0.05) is 6.92 Å². The summed E-state index contributed by atoms with van der Waals surface area (Å²) in [5.41, 5.74) is 0. The number of piperidine rings is 1. The van der Waals surface area contributed by atoms with Crippen LogP contribution in [-0.2, 0) is 4.79 Å². The van der Waals surface area contributed by atoms with Crippen molar-refractivity contribution in [3.05, 3.63) is 12.4 Å². The number of piperazine rings is 1. The van der Waals surface area contributed by atoms with E-state index < -0.39 is 0 Å². The van der Waals surface area contributed by atoms with Crippen LogP contribution in [0.5, 0.6) is 0 Å². The van der Waals surface area contributed by atoms with E-state index in [0.717, 1.165) is 56.8 Å². The van der Waals surface area contributed by atoms with Crippen molar-refractivity contribution in [1.82, 2.24) is 20.2 Å². The topological polar surface area (TPSA) is 64.6 Å². The van der Waals surface area contributed by atoms with Crippen molar-refractivity contribution in [2.45, 2.75) is 19.8 Å². The standard InChI is InChI=1S/C17H28N6O/c1-3-18-11-14-4-6-22(7-5-14)15-10-16(20-13-19-15)23-9-8-21(2)17(24)12-23/h10,13-14,18H,3-9,11-12H2,1-2H3. The lowest BCUT2D eigenvalue weighted by atomic mass is 9.97. The first kappa shape index (κ1) is 17.0. The van der Waals surface area contributed by atoms with Crippen molar-refractivity contribution in [2.75, 3.05) is 62.7 Å². The maximum Gasteiger partial charge on any atom is 0.241 e. The van der Waals surface area contributed by atoms with Gasteiger partial charge in [0.1, 0.15) is 18.0 Å². The van der Waals surface area contributed by atoms with Gasteiger partial charge in [0.2, 0.25) is 5.91 Å². The average Bonchev–Trinajstić information content (AvgIpc) is 2.63. The zero-order valence-corrected chi connectivity index (χ0v) is 14.7. The van der Waals surface area contributed by atoms with Gasteiger partial charge in [-0.2, -0.15) is 0 Å². The van der Waals surface area contributed by atoms with E-state index in [1.54, 1.807) is 11.2 Å². The SMILES string of the molecule is CCNCC1CCN(c2cc(N3CCN(C)C(=O)C3)ncn2)CC1. The number of carbonyl (C=O) groups is 1. The highest BCUT2D eigenvalue weighted by Gasteiger charge is 2.24. The van der Waals surface area contributed by atoms with Crippen molar-refractivity contribution in [1.29, 1.82) is 0 Å². The minimum atomic E-state index is 0.144. The molecule has 2 fully saturated rings. The van der Waals surface area contributed by atoms with Crippen LogP contribution >= 0.6 is 0 Å². The predicted molar refractivity (Wildman–Crippen MR) is 95.4 cm³/mol. The van der Waals surface area contributed by atoms with Crippen molar-refractivity contribution in [3.63, 3.8) is 0 Å². The Hall–Kier alpha value is -1.89. The Balaban J connectivity index is 1.61. The molecule has 0 spiro atoms. The number of anilines is 2. The van der Waals surface area contributed by atoms with Gasteiger partial charge >= 0.3 is 0 Å². The zero-order chi connectivity index (χ0) is 16.9. The molecule has 2 aliphatic rings. The van der Waals surface area contributed by atoms with Gasteiger partial charge in [0, 0.05) is 39.3 Å². The number of likely N-dealkylation sites (N-methyl/N-ethyl adjacent to an activating group) is 1. The highest BCUT2D eigenvalue weighted by atomic mass is 16.2. The van der Waals surface area contributed by atoms with Crippen molar-refractivity contribution < 1.29 is 4.79 Å². The van der Waals surface area contributed by atoms with Gasteiger partial charge in [0.25, 0.3) is 0 Å². The average molecular weight is 332 g/mol. The zero-order valence-electron chi connectivity index (χ0n) is 14.7. The number of rotatable bonds is 5. The summed E-state index contributed by atoms with van der Waals surface area (Å²) in [6.45, 7) is 8.35. The van der Waals surface area contributed by atoms with Crippen molar-refractivity contribution in [3.8, 4) is 0 Å². The molecule has 1 amide bonds. The lowest BCUT2D eigenvalue weighted by Crippen LogP contribution is -2.49. The van der Waals surface area contributed by atoms with Gasteiger partial charge in [-0.15, -0.1) is 0 Å². The summed E-state index contributed by atoms with van der Waals surface area (Å²) in [6.07, 6.45) is 4.01. The van der Waals surface area contributed by atoms with Gasteiger partial charge < -0.3 is 20.0 Å². The molecule has 0 aromatic carbocycles. The number of carbonyl (C=O) groups excluding carboxylic acids is 1. The van der Waals surface area contributed by atoms with Gasteiger partial charge in [0.15, 0.2) is 0 Å². The van der Waals surface area contributed by atoms with Crippen LogP contribution in [0.3, 0.4) is 0 Å². The van der Waals surface area contributed by atoms with Crippen molar-refractivity contribution in [2.24, 2.45) is 5.92 Å². The molecular formula is C17H28N6O. The molecule has 1 aromatic heterocycles. The Morgan fingerprint density at radius 2 is 1.83 bits per heavy atom. The Bertz CT molecular complexity index is 558. The molecule has 24 heavy (non-hydrogen) atoms. The molecule has 0 unspecified atom stereocenters. The smallest absolute Gasteiger partial charge is 0.241 e. The summed E-state index contributed by atoms with van der Waals surface area (Å²) in [5, 5.41) is 3.45. The molecule has 132 valence electrons. The Kier molecular flexibility index (Phi) is 5.50. The molecule has 0 atom stereocenters. The normalized spacial score (nSPS) is 19.9. The predicted octanol–water partition coefficient (Wildman–Crippen LogP) is 0.581. The highest BCUT2D eigenvalue weighted by Crippen LogP contribution is 2.24. The molecule has 3 heterocycles. The summed E-state index contributed by atoms with van der Waals surface area (Å²) < 4.78 is 0. The first-order valence-corrected chi connectivity index (χ1v) is 8.94. The number of aromatic nitrogens is 2. The maximum absolute atomic E-state index is 11.9. The lowest BCUT2D eigenvalue weighted by molar-refractivity contribution is -0.129. The Morgan fingerprint density at radius 1 is 1.12 bits per heavy atom. The molecule has 0 bridgehead atoms. The molecule has 1 N–H and O–H groups in total. The van der Waals surface area contributed by atoms with E-state index in [0.29, 0.717) is 6.54 Å². The van der Waals surface area contributed by atoms with E-state index in [2.05, 4.69) is 27.1 Å². The van der Waals surface area contributed by atoms with E-state index in [-0.39, 0.29) is 5.91 Å². The second-order valence-electron chi connectivity index (χ2n) is 6.71. The Labute approximate surface area is 144 Å². The Morgan fingerprint density at radius 3 is 2.50 bits per heavy atom. The summed E-state index contributed by atoms with van der Waals surface area (Å²) in [4.78, 5) is 26.9. The van der Waals surface area contributed by atoms with Crippen LogP contribution in [0, 0.1) is 5.92 Å². The van der Waals surface area contributed by atoms with E-state index in [4.69, 9.17) is 0 Å². The van der Waals surface area contributed by atoms with Gasteiger partial charge in [-0.3, -0.25) is 4.79 Å². The molecular weight excluding hydrogens is 304 g/mol. The second kappa shape index (κ2) is 7.79. The van der Waals surface area contributed by atoms with Gasteiger partial charge in [-0.25, -0.2) is 9.97 Å². The third kappa shape index (κ3) is 3.95. The third-order valence-electron chi connectivity index (χ3n) is 5.04. The van der Waals surface area contributed by atoms with E-state index in [9.17, 15) is 4.79 Å². The first-order valence-electron chi connectivity index (χ1n) is 8.94. The van der Waals surface area contributed by atoms with E-state index >= 15 is 0 Å². The molecule has 3 rings (SSSR count). The summed E-state index contributed by atoms with van der Waals surface area (Å²) in [7, 11) is 1.85. The second-order valence-corrected chi connectivity index (χ2v) is 6.71. The molecule has 2 saturated heterocycles. The van der Waals surface area contributed by atoms with Crippen LogP contribution in [0.15, 0.2) is 12.4 Å². The fourth-order valence-corrected chi connectivity index (χ4v) is 3.35. The van der Waals surface area contributed by atoms with Crippen LogP contribution in [-0.4, -0.2) is 73.6 Å².